The van der Waals surface area contributed by atoms with Crippen molar-refractivity contribution in [3.63, 3.8) is 0 Å². The number of ether oxygens (including phenoxy) is 2. The van der Waals surface area contributed by atoms with Crippen molar-refractivity contribution < 1.29 is 40.1 Å². The second-order valence-corrected chi connectivity index (χ2v) is 4.77. The molecule has 1 saturated carbocycles. The van der Waals surface area contributed by atoms with Crippen molar-refractivity contribution in [1.29, 1.82) is 0 Å². The topological polar surface area (TPSA) is 140 Å². The van der Waals surface area contributed by atoms with E-state index in [1.165, 1.54) is 0 Å². The average molecular weight is 266 g/mol. The van der Waals surface area contributed by atoms with E-state index in [1.54, 1.807) is 0 Å². The Hall–Kier alpha value is -0.320. The molecule has 3 aliphatic rings. The van der Waals surface area contributed by atoms with Crippen molar-refractivity contribution in [3.8, 4) is 0 Å². The lowest BCUT2D eigenvalue weighted by atomic mass is 10.2. The van der Waals surface area contributed by atoms with Gasteiger partial charge >= 0.3 is 0 Å². The predicted molar refractivity (Wildman–Crippen MR) is 55.0 cm³/mol. The first-order valence-corrected chi connectivity index (χ1v) is 5.75. The summed E-state index contributed by atoms with van der Waals surface area (Å²) < 4.78 is 9.38. The monoisotopic (exact) mass is 266 g/mol. The average Bonchev–Trinajstić information content (AvgIpc) is 2.66. The number of rotatable bonds is 1. The van der Waals surface area contributed by atoms with Gasteiger partial charge in [0.1, 0.15) is 23.9 Å². The fourth-order valence-corrected chi connectivity index (χ4v) is 2.17. The highest BCUT2D eigenvalue weighted by molar-refractivity contribution is 5.19. The molecule has 0 aromatic heterocycles. The van der Waals surface area contributed by atoms with Crippen LogP contribution in [0.25, 0.3) is 0 Å². The fraction of sp³-hybridized carbons (Fsp3) is 1.00. The van der Waals surface area contributed by atoms with Gasteiger partial charge in [0, 0.05) is 12.8 Å². The zero-order valence-electron chi connectivity index (χ0n) is 9.59. The van der Waals surface area contributed by atoms with E-state index in [0.717, 1.165) is 0 Å². The van der Waals surface area contributed by atoms with Crippen LogP contribution in [0.15, 0.2) is 0 Å². The lowest BCUT2D eigenvalue weighted by molar-refractivity contribution is -0.107. The van der Waals surface area contributed by atoms with E-state index < -0.39 is 42.6 Å². The number of hydrogen-bond acceptors (Lipinski definition) is 8. The van der Waals surface area contributed by atoms with Crippen LogP contribution < -0.4 is 0 Å². The van der Waals surface area contributed by atoms with Gasteiger partial charge in [-0.05, 0) is 0 Å². The summed E-state index contributed by atoms with van der Waals surface area (Å²) >= 11 is 0. The van der Waals surface area contributed by atoms with Crippen LogP contribution in [0.1, 0.15) is 12.8 Å². The third-order valence-corrected chi connectivity index (χ3v) is 3.37. The molecule has 6 N–H and O–H groups in total. The highest BCUT2D eigenvalue weighted by atomic mass is 16.7. The number of hydrogen-bond donors (Lipinski definition) is 6. The van der Waals surface area contributed by atoms with Crippen molar-refractivity contribution in [2.24, 2.45) is 0 Å². The molecule has 0 radical (unpaired) electrons. The highest BCUT2D eigenvalue weighted by Crippen LogP contribution is 2.49. The zero-order chi connectivity index (χ0) is 13.5. The second kappa shape index (κ2) is 4.99. The Balaban J connectivity index is 0.000000134. The van der Waals surface area contributed by atoms with Crippen molar-refractivity contribution in [3.05, 3.63) is 0 Å². The molecule has 0 spiro atoms. The molecule has 8 nitrogen and oxygen atoms in total. The van der Waals surface area contributed by atoms with Gasteiger partial charge in [-0.1, -0.05) is 0 Å². The predicted octanol–water partition coefficient (Wildman–Crippen LogP) is -3.35. The number of aliphatic hydroxyl groups excluding tert-OH is 5. The molecule has 106 valence electrons. The summed E-state index contributed by atoms with van der Waals surface area (Å²) in [5.41, 5.74) is -1.13. The molecule has 2 saturated heterocycles. The van der Waals surface area contributed by atoms with E-state index in [9.17, 15) is 5.11 Å². The molecule has 7 atom stereocenters. The van der Waals surface area contributed by atoms with E-state index in [-0.39, 0.29) is 19.4 Å². The van der Waals surface area contributed by atoms with Gasteiger partial charge in [-0.25, -0.2) is 0 Å². The Morgan fingerprint density at radius 1 is 1.06 bits per heavy atom. The van der Waals surface area contributed by atoms with Crippen molar-refractivity contribution in [2.45, 2.75) is 55.4 Å². The quantitative estimate of drug-likeness (QED) is 0.289. The van der Waals surface area contributed by atoms with E-state index in [4.69, 9.17) is 30.3 Å². The molecule has 1 aliphatic carbocycles. The summed E-state index contributed by atoms with van der Waals surface area (Å²) in [6.45, 7) is -0.238. The molecular weight excluding hydrogens is 248 g/mol. The van der Waals surface area contributed by atoms with Crippen LogP contribution in [0.5, 0.6) is 0 Å². The summed E-state index contributed by atoms with van der Waals surface area (Å²) in [7, 11) is 0. The Bertz CT molecular complexity index is 296. The SMILES string of the molecule is OC1[C@H]2O[C@H](O)C[C@]12O.OC[C@H]1O[C@H](O)C[C@@H]1O. The summed E-state index contributed by atoms with van der Waals surface area (Å²) in [5, 5.41) is 52.8. The number of aliphatic hydroxyl groups is 6. The molecule has 8 heteroatoms. The van der Waals surface area contributed by atoms with Gasteiger partial charge in [-0.3, -0.25) is 0 Å². The lowest BCUT2D eigenvalue weighted by Crippen LogP contribution is -2.24. The minimum Gasteiger partial charge on any atom is -0.394 e. The van der Waals surface area contributed by atoms with Gasteiger partial charge in [0.2, 0.25) is 0 Å². The van der Waals surface area contributed by atoms with Gasteiger partial charge < -0.3 is 40.1 Å². The van der Waals surface area contributed by atoms with E-state index in [0.29, 0.717) is 0 Å². The van der Waals surface area contributed by atoms with Gasteiger partial charge in [0.15, 0.2) is 12.6 Å². The smallest absolute Gasteiger partial charge is 0.158 e. The fourth-order valence-electron chi connectivity index (χ4n) is 2.17. The van der Waals surface area contributed by atoms with Crippen molar-refractivity contribution in [1.82, 2.24) is 0 Å². The molecule has 18 heavy (non-hydrogen) atoms. The third kappa shape index (κ3) is 2.51. The Labute approximate surface area is 103 Å². The molecule has 2 aliphatic heterocycles. The first kappa shape index (κ1) is 14.1. The maximum atomic E-state index is 9.17. The Morgan fingerprint density at radius 2 is 1.72 bits per heavy atom. The van der Waals surface area contributed by atoms with Crippen LogP contribution in [0.3, 0.4) is 0 Å². The summed E-state index contributed by atoms with van der Waals surface area (Å²) in [6, 6.07) is 0. The van der Waals surface area contributed by atoms with Crippen LogP contribution in [-0.2, 0) is 9.47 Å². The van der Waals surface area contributed by atoms with Crippen molar-refractivity contribution >= 4 is 0 Å². The van der Waals surface area contributed by atoms with E-state index in [1.807, 2.05) is 0 Å². The number of fused-ring (bicyclic) bond motifs is 1. The highest BCUT2D eigenvalue weighted by Gasteiger charge is 2.70. The maximum absolute atomic E-state index is 9.17. The Morgan fingerprint density at radius 3 is 2.00 bits per heavy atom. The second-order valence-electron chi connectivity index (χ2n) is 4.77. The van der Waals surface area contributed by atoms with Crippen LogP contribution in [0, 0.1) is 0 Å². The normalized spacial score (nSPS) is 53.7. The van der Waals surface area contributed by atoms with Gasteiger partial charge in [0.25, 0.3) is 0 Å². The van der Waals surface area contributed by atoms with Crippen LogP contribution in [0.2, 0.25) is 0 Å². The molecule has 3 rings (SSSR count). The molecule has 0 aromatic rings. The van der Waals surface area contributed by atoms with Crippen molar-refractivity contribution in [2.75, 3.05) is 6.61 Å². The molecular formula is C10H18O8. The van der Waals surface area contributed by atoms with Gasteiger partial charge in [0.05, 0.1) is 12.7 Å². The molecule has 0 bridgehead atoms. The van der Waals surface area contributed by atoms with Crippen LogP contribution in [-0.4, -0.2) is 79.8 Å². The summed E-state index contributed by atoms with van der Waals surface area (Å²) in [6.07, 6.45) is -4.08. The summed E-state index contributed by atoms with van der Waals surface area (Å²) in [4.78, 5) is 0. The largest absolute Gasteiger partial charge is 0.394 e. The molecule has 2 heterocycles. The zero-order valence-corrected chi connectivity index (χ0v) is 9.59. The van der Waals surface area contributed by atoms with Gasteiger partial charge in [-0.2, -0.15) is 0 Å². The minimum atomic E-state index is -1.13. The van der Waals surface area contributed by atoms with Crippen LogP contribution >= 0.6 is 0 Å². The molecule has 1 unspecified atom stereocenters. The van der Waals surface area contributed by atoms with E-state index >= 15 is 0 Å². The Kier molecular flexibility index (Phi) is 3.90. The molecule has 3 fully saturated rings. The molecule has 0 aromatic carbocycles. The first-order chi connectivity index (χ1) is 8.38. The van der Waals surface area contributed by atoms with Crippen LogP contribution in [0.4, 0.5) is 0 Å². The minimum absolute atomic E-state index is 0.138. The standard InChI is InChI=1S/C5H8O4.C5H10O4/c6-2-1-5(8)3(7)4(5)9-2;6-2-4-3(7)1-5(8)9-4/h2-4,6-8H,1H2;3-8H,1-2H2/t2-,3?,4+,5-;3-,4+,5-/m00/s1. The maximum Gasteiger partial charge on any atom is 0.158 e. The molecule has 0 amide bonds. The van der Waals surface area contributed by atoms with E-state index in [2.05, 4.69) is 4.74 Å². The third-order valence-electron chi connectivity index (χ3n) is 3.37. The lowest BCUT2D eigenvalue weighted by Gasteiger charge is -2.08. The first-order valence-electron chi connectivity index (χ1n) is 5.75. The summed E-state index contributed by atoms with van der Waals surface area (Å²) in [5.74, 6) is 0. The van der Waals surface area contributed by atoms with Gasteiger partial charge in [-0.15, -0.1) is 0 Å².